The molecule has 0 atom stereocenters. The molecule has 1 aromatic carbocycles. The Morgan fingerprint density at radius 3 is 3.19 bits per heavy atom. The first-order valence-corrected chi connectivity index (χ1v) is 5.27. The van der Waals surface area contributed by atoms with Crippen LogP contribution in [0, 0.1) is 0 Å². The van der Waals surface area contributed by atoms with Gasteiger partial charge in [-0.25, -0.2) is 0 Å². The maximum Gasteiger partial charge on any atom is 0.491 e. The number of rotatable bonds is 4. The van der Waals surface area contributed by atoms with E-state index in [1.807, 2.05) is 6.07 Å². The zero-order valence-electron chi connectivity index (χ0n) is 9.10. The fourth-order valence-corrected chi connectivity index (χ4v) is 1.55. The summed E-state index contributed by atoms with van der Waals surface area (Å²) in [6.45, 7) is 2.29. The van der Waals surface area contributed by atoms with Crippen LogP contribution in [0.5, 0.6) is 5.75 Å². The lowest BCUT2D eigenvalue weighted by atomic mass is 9.79. The van der Waals surface area contributed by atoms with Gasteiger partial charge >= 0.3 is 7.12 Å². The Bertz CT molecular complexity index is 405. The van der Waals surface area contributed by atoms with Gasteiger partial charge < -0.3 is 14.4 Å². The summed E-state index contributed by atoms with van der Waals surface area (Å²) in [5, 5.41) is 9.48. The van der Waals surface area contributed by atoms with Gasteiger partial charge in [0.05, 0.1) is 6.61 Å². The van der Waals surface area contributed by atoms with E-state index < -0.39 is 7.12 Å². The number of benzene rings is 1. The Hall–Kier alpha value is -1.33. The second-order valence-corrected chi connectivity index (χ2v) is 3.70. The number of ether oxygens (including phenoxy) is 1. The molecule has 0 aromatic heterocycles. The van der Waals surface area contributed by atoms with Crippen LogP contribution in [0.15, 0.2) is 18.2 Å². The van der Waals surface area contributed by atoms with Gasteiger partial charge in [0.1, 0.15) is 12.4 Å². The topological polar surface area (TPSA) is 55.8 Å². The maximum atomic E-state index is 11.1. The van der Waals surface area contributed by atoms with Crippen molar-refractivity contribution in [2.75, 3.05) is 6.61 Å². The first kappa shape index (κ1) is 11.2. The summed E-state index contributed by atoms with van der Waals surface area (Å²) in [6.07, 6.45) is 0.469. The lowest BCUT2D eigenvalue weighted by Crippen LogP contribution is -2.28. The highest BCUT2D eigenvalue weighted by atomic mass is 16.5. The smallest absolute Gasteiger partial charge is 0.486 e. The van der Waals surface area contributed by atoms with Crippen molar-refractivity contribution in [2.24, 2.45) is 0 Å². The molecule has 0 amide bonds. The van der Waals surface area contributed by atoms with Gasteiger partial charge in [-0.05, 0) is 23.2 Å². The summed E-state index contributed by atoms with van der Waals surface area (Å²) >= 11 is 0. The van der Waals surface area contributed by atoms with Gasteiger partial charge in [-0.2, -0.15) is 0 Å². The highest BCUT2D eigenvalue weighted by Gasteiger charge is 2.27. The van der Waals surface area contributed by atoms with Crippen LogP contribution in [0.1, 0.15) is 18.9 Å². The van der Waals surface area contributed by atoms with Gasteiger partial charge in [0.2, 0.25) is 0 Å². The quantitative estimate of drug-likeness (QED) is 0.739. The van der Waals surface area contributed by atoms with Crippen LogP contribution in [0.3, 0.4) is 0 Å². The van der Waals surface area contributed by atoms with Crippen molar-refractivity contribution in [3.8, 4) is 5.75 Å². The molecule has 2 rings (SSSR count). The van der Waals surface area contributed by atoms with Gasteiger partial charge in [-0.3, -0.25) is 4.79 Å². The Morgan fingerprint density at radius 1 is 1.62 bits per heavy atom. The molecule has 84 valence electrons. The van der Waals surface area contributed by atoms with E-state index in [0.717, 1.165) is 11.0 Å². The molecule has 16 heavy (non-hydrogen) atoms. The molecule has 4 nitrogen and oxygen atoms in total. The number of hydrogen-bond acceptors (Lipinski definition) is 4. The molecule has 1 heterocycles. The summed E-state index contributed by atoms with van der Waals surface area (Å²) in [6, 6.07) is 5.34. The molecule has 0 unspecified atom stereocenters. The molecule has 1 aliphatic heterocycles. The molecule has 0 fully saturated rings. The lowest BCUT2D eigenvalue weighted by molar-refractivity contribution is -0.120. The molecule has 0 spiro atoms. The van der Waals surface area contributed by atoms with E-state index in [1.165, 1.54) is 0 Å². The highest BCUT2D eigenvalue weighted by molar-refractivity contribution is 6.61. The van der Waals surface area contributed by atoms with Crippen LogP contribution >= 0.6 is 0 Å². The van der Waals surface area contributed by atoms with Gasteiger partial charge in [0.25, 0.3) is 0 Å². The average Bonchev–Trinajstić information content (AvgIpc) is 2.68. The minimum absolute atomic E-state index is 0.0531. The third-order valence-corrected chi connectivity index (χ3v) is 2.57. The van der Waals surface area contributed by atoms with Crippen LogP contribution in [0.2, 0.25) is 0 Å². The van der Waals surface area contributed by atoms with Crippen molar-refractivity contribution in [1.29, 1.82) is 0 Å². The third-order valence-electron chi connectivity index (χ3n) is 2.57. The number of hydrogen-bond donors (Lipinski definition) is 1. The number of carbonyl (C=O) groups excluding carboxylic acids is 1. The number of fused-ring (bicyclic) bond motifs is 1. The van der Waals surface area contributed by atoms with Crippen molar-refractivity contribution in [3.63, 3.8) is 0 Å². The zero-order chi connectivity index (χ0) is 11.5. The molecule has 0 saturated heterocycles. The third kappa shape index (κ3) is 2.26. The van der Waals surface area contributed by atoms with E-state index in [-0.39, 0.29) is 12.4 Å². The minimum atomic E-state index is -0.875. The van der Waals surface area contributed by atoms with Crippen molar-refractivity contribution >= 4 is 18.4 Å². The Labute approximate surface area is 94.3 Å². The molecule has 0 aliphatic carbocycles. The van der Waals surface area contributed by atoms with Gasteiger partial charge in [-0.1, -0.05) is 13.0 Å². The van der Waals surface area contributed by atoms with Gasteiger partial charge in [-0.15, -0.1) is 0 Å². The van der Waals surface area contributed by atoms with Crippen molar-refractivity contribution in [2.45, 2.75) is 20.0 Å². The van der Waals surface area contributed by atoms with Crippen LogP contribution in [-0.4, -0.2) is 24.5 Å². The molecular formula is C11H13BO4. The lowest BCUT2D eigenvalue weighted by Gasteiger charge is -2.06. The predicted octanol–water partition coefficient (Wildman–Crippen LogP) is 0.262. The Morgan fingerprint density at radius 2 is 2.44 bits per heavy atom. The average molecular weight is 220 g/mol. The van der Waals surface area contributed by atoms with E-state index >= 15 is 0 Å². The molecule has 0 saturated carbocycles. The fraction of sp³-hybridized carbons (Fsp3) is 0.364. The standard InChI is InChI=1S/C11H13BO4/c1-2-9(13)7-15-10-4-3-8-6-16-12(14)11(8)5-10/h3-5,14H,2,6-7H2,1H3. The normalized spacial score (nSPS) is 13.8. The second-order valence-electron chi connectivity index (χ2n) is 3.70. The van der Waals surface area contributed by atoms with Crippen LogP contribution in [-0.2, 0) is 16.1 Å². The summed E-state index contributed by atoms with van der Waals surface area (Å²) in [7, 11) is -0.875. The molecule has 5 heteroatoms. The minimum Gasteiger partial charge on any atom is -0.486 e. The van der Waals surface area contributed by atoms with Gasteiger partial charge in [0, 0.05) is 6.42 Å². The first-order chi connectivity index (χ1) is 7.70. The molecule has 0 bridgehead atoms. The van der Waals surface area contributed by atoms with Crippen LogP contribution in [0.4, 0.5) is 0 Å². The number of carbonyl (C=O) groups is 1. The predicted molar refractivity (Wildman–Crippen MR) is 59.6 cm³/mol. The van der Waals surface area contributed by atoms with E-state index in [9.17, 15) is 9.82 Å². The SMILES string of the molecule is CCC(=O)COc1ccc2c(c1)B(O)OC2. The van der Waals surface area contributed by atoms with Crippen molar-refractivity contribution < 1.29 is 19.2 Å². The van der Waals surface area contributed by atoms with Gasteiger partial charge in [0.15, 0.2) is 5.78 Å². The van der Waals surface area contributed by atoms with Crippen molar-refractivity contribution in [3.05, 3.63) is 23.8 Å². The largest absolute Gasteiger partial charge is 0.491 e. The maximum absolute atomic E-state index is 11.1. The first-order valence-electron chi connectivity index (χ1n) is 5.27. The second kappa shape index (κ2) is 4.68. The van der Waals surface area contributed by atoms with Crippen LogP contribution < -0.4 is 10.2 Å². The Balaban J connectivity index is 2.07. The molecule has 0 radical (unpaired) electrons. The number of ketones is 1. The Kier molecular flexibility index (Phi) is 3.26. The molecule has 1 N–H and O–H groups in total. The monoisotopic (exact) mass is 220 g/mol. The fourth-order valence-electron chi connectivity index (χ4n) is 1.55. The molecule has 1 aliphatic rings. The summed E-state index contributed by atoms with van der Waals surface area (Å²) < 4.78 is 10.4. The van der Waals surface area contributed by atoms with E-state index in [4.69, 9.17) is 9.39 Å². The summed E-state index contributed by atoms with van der Waals surface area (Å²) in [4.78, 5) is 11.1. The molecular weight excluding hydrogens is 207 g/mol. The highest BCUT2D eigenvalue weighted by Crippen LogP contribution is 2.16. The zero-order valence-corrected chi connectivity index (χ0v) is 9.10. The van der Waals surface area contributed by atoms with Crippen LogP contribution in [0.25, 0.3) is 0 Å². The summed E-state index contributed by atoms with van der Waals surface area (Å²) in [5.41, 5.74) is 1.68. The van der Waals surface area contributed by atoms with E-state index in [2.05, 4.69) is 0 Å². The summed E-state index contributed by atoms with van der Waals surface area (Å²) in [5.74, 6) is 0.641. The molecule has 1 aromatic rings. The number of Topliss-reactive ketones (excluding diaryl/α,β-unsaturated/α-hetero) is 1. The van der Waals surface area contributed by atoms with Crippen molar-refractivity contribution in [1.82, 2.24) is 0 Å². The van der Waals surface area contributed by atoms with E-state index in [0.29, 0.717) is 18.8 Å². The van der Waals surface area contributed by atoms with E-state index in [1.54, 1.807) is 19.1 Å².